The lowest BCUT2D eigenvalue weighted by Gasteiger charge is -2.15. The Morgan fingerprint density at radius 3 is 2.75 bits per heavy atom. The van der Waals surface area contributed by atoms with Gasteiger partial charge in [0.2, 0.25) is 0 Å². The summed E-state index contributed by atoms with van der Waals surface area (Å²) >= 11 is 3.39. The molecule has 1 fully saturated rings. The summed E-state index contributed by atoms with van der Waals surface area (Å²) in [6.45, 7) is 4.46. The third-order valence-electron chi connectivity index (χ3n) is 3.18. The lowest BCUT2D eigenvalue weighted by molar-refractivity contribution is 0.0891. The van der Waals surface area contributed by atoms with Crippen LogP contribution in [0.1, 0.15) is 43.2 Å². The highest BCUT2D eigenvalue weighted by Crippen LogP contribution is 2.48. The van der Waals surface area contributed by atoms with E-state index >= 15 is 0 Å². The number of ketones is 1. The smallest absolute Gasteiger partial charge is 0.189 e. The molecule has 0 saturated heterocycles. The normalized spacial score (nSPS) is 17.8. The average molecular weight is 286 g/mol. The SMILES string of the molecule is CC(C)n1ncc(Br)c1C(=O)C1(CN)CC1. The molecule has 0 aromatic carbocycles. The Balaban J connectivity index is 2.40. The molecule has 2 N–H and O–H groups in total. The number of hydrogen-bond acceptors (Lipinski definition) is 3. The van der Waals surface area contributed by atoms with Gasteiger partial charge in [-0.1, -0.05) is 0 Å². The van der Waals surface area contributed by atoms with Gasteiger partial charge in [0.1, 0.15) is 5.69 Å². The zero-order valence-electron chi connectivity index (χ0n) is 9.53. The highest BCUT2D eigenvalue weighted by molar-refractivity contribution is 9.10. The number of carbonyl (C=O) groups excluding carboxylic acids is 1. The fourth-order valence-corrected chi connectivity index (χ4v) is 2.32. The summed E-state index contributed by atoms with van der Waals surface area (Å²) < 4.78 is 2.54. The van der Waals surface area contributed by atoms with Crippen molar-refractivity contribution in [2.75, 3.05) is 6.54 Å². The second-order valence-corrected chi connectivity index (χ2v) is 5.55. The van der Waals surface area contributed by atoms with Crippen LogP contribution in [0.2, 0.25) is 0 Å². The summed E-state index contributed by atoms with van der Waals surface area (Å²) in [6.07, 6.45) is 3.48. The molecule has 88 valence electrons. The van der Waals surface area contributed by atoms with E-state index in [-0.39, 0.29) is 17.2 Å². The first-order chi connectivity index (χ1) is 7.52. The summed E-state index contributed by atoms with van der Waals surface area (Å²) in [5, 5.41) is 4.22. The maximum Gasteiger partial charge on any atom is 0.189 e. The molecule has 0 unspecified atom stereocenters. The number of nitrogens with zero attached hydrogens (tertiary/aromatic N) is 2. The molecule has 2 rings (SSSR count). The zero-order valence-corrected chi connectivity index (χ0v) is 11.1. The van der Waals surface area contributed by atoms with Gasteiger partial charge in [-0.3, -0.25) is 9.48 Å². The Hall–Kier alpha value is -0.680. The van der Waals surface area contributed by atoms with E-state index in [2.05, 4.69) is 21.0 Å². The summed E-state index contributed by atoms with van der Waals surface area (Å²) in [5.41, 5.74) is 6.04. The van der Waals surface area contributed by atoms with Crippen molar-refractivity contribution >= 4 is 21.7 Å². The number of halogens is 1. The minimum Gasteiger partial charge on any atom is -0.329 e. The molecular formula is C11H16BrN3O. The van der Waals surface area contributed by atoms with Crippen molar-refractivity contribution in [1.82, 2.24) is 9.78 Å². The van der Waals surface area contributed by atoms with E-state index < -0.39 is 0 Å². The Labute approximate surface area is 103 Å². The molecule has 0 spiro atoms. The fourth-order valence-electron chi connectivity index (χ4n) is 1.87. The third kappa shape index (κ3) is 1.72. The Bertz CT molecular complexity index is 421. The van der Waals surface area contributed by atoms with E-state index in [4.69, 9.17) is 5.73 Å². The van der Waals surface area contributed by atoms with Crippen molar-refractivity contribution in [3.8, 4) is 0 Å². The third-order valence-corrected chi connectivity index (χ3v) is 3.76. The molecule has 0 bridgehead atoms. The lowest BCUT2D eigenvalue weighted by Crippen LogP contribution is -2.28. The molecule has 1 saturated carbocycles. The molecule has 0 aliphatic heterocycles. The first kappa shape index (κ1) is 11.8. The van der Waals surface area contributed by atoms with Gasteiger partial charge in [0, 0.05) is 18.0 Å². The van der Waals surface area contributed by atoms with Gasteiger partial charge in [-0.05, 0) is 42.6 Å². The van der Waals surface area contributed by atoms with E-state index in [9.17, 15) is 4.79 Å². The predicted molar refractivity (Wildman–Crippen MR) is 65.4 cm³/mol. The Morgan fingerprint density at radius 1 is 1.69 bits per heavy atom. The highest BCUT2D eigenvalue weighted by atomic mass is 79.9. The lowest BCUT2D eigenvalue weighted by atomic mass is 9.98. The second kappa shape index (κ2) is 3.96. The Kier molecular flexibility index (Phi) is 2.92. The molecule has 5 heteroatoms. The van der Waals surface area contributed by atoms with Crippen LogP contribution < -0.4 is 5.73 Å². The van der Waals surface area contributed by atoms with Crippen molar-refractivity contribution in [2.24, 2.45) is 11.1 Å². The molecule has 1 aromatic heterocycles. The molecule has 1 heterocycles. The van der Waals surface area contributed by atoms with Crippen molar-refractivity contribution < 1.29 is 4.79 Å². The molecule has 1 aliphatic carbocycles. The van der Waals surface area contributed by atoms with Gasteiger partial charge in [0.15, 0.2) is 5.78 Å². The molecule has 0 radical (unpaired) electrons. The molecule has 1 aliphatic rings. The monoisotopic (exact) mass is 285 g/mol. The number of Topliss-reactive ketones (excluding diaryl/α,β-unsaturated/α-hetero) is 1. The van der Waals surface area contributed by atoms with Crippen LogP contribution in [-0.4, -0.2) is 22.1 Å². The maximum absolute atomic E-state index is 12.4. The first-order valence-electron chi connectivity index (χ1n) is 5.50. The molecule has 0 amide bonds. The molecule has 16 heavy (non-hydrogen) atoms. The van der Waals surface area contributed by atoms with Gasteiger partial charge in [-0.25, -0.2) is 0 Å². The first-order valence-corrected chi connectivity index (χ1v) is 6.29. The number of hydrogen-bond donors (Lipinski definition) is 1. The van der Waals surface area contributed by atoms with Gasteiger partial charge in [0.25, 0.3) is 0 Å². The van der Waals surface area contributed by atoms with E-state index in [1.807, 2.05) is 13.8 Å². The van der Waals surface area contributed by atoms with E-state index in [1.165, 1.54) is 0 Å². The van der Waals surface area contributed by atoms with E-state index in [0.29, 0.717) is 12.2 Å². The van der Waals surface area contributed by atoms with Crippen LogP contribution >= 0.6 is 15.9 Å². The number of carbonyl (C=O) groups is 1. The van der Waals surface area contributed by atoms with E-state index in [0.717, 1.165) is 17.3 Å². The van der Waals surface area contributed by atoms with Gasteiger partial charge < -0.3 is 5.73 Å². The van der Waals surface area contributed by atoms with Gasteiger partial charge in [-0.15, -0.1) is 0 Å². The van der Waals surface area contributed by atoms with Crippen LogP contribution in [0.3, 0.4) is 0 Å². The topological polar surface area (TPSA) is 60.9 Å². The van der Waals surface area contributed by atoms with Crippen LogP contribution in [0.5, 0.6) is 0 Å². The van der Waals surface area contributed by atoms with Crippen molar-refractivity contribution in [3.05, 3.63) is 16.4 Å². The van der Waals surface area contributed by atoms with Crippen LogP contribution in [0, 0.1) is 5.41 Å². The summed E-state index contributed by atoms with van der Waals surface area (Å²) in [7, 11) is 0. The van der Waals surface area contributed by atoms with Gasteiger partial charge >= 0.3 is 0 Å². The summed E-state index contributed by atoms with van der Waals surface area (Å²) in [5.74, 6) is 0.132. The van der Waals surface area contributed by atoms with Gasteiger partial charge in [-0.2, -0.15) is 5.10 Å². The molecule has 1 aromatic rings. The minimum atomic E-state index is -0.310. The standard InChI is InChI=1S/C11H16BrN3O/c1-7(2)15-9(8(12)5-14-15)10(16)11(6-13)3-4-11/h5,7H,3-4,6,13H2,1-2H3. The average Bonchev–Trinajstić information content (AvgIpc) is 2.95. The van der Waals surface area contributed by atoms with Crippen molar-refractivity contribution in [2.45, 2.75) is 32.7 Å². The Morgan fingerprint density at radius 2 is 2.31 bits per heavy atom. The summed E-state index contributed by atoms with van der Waals surface area (Å²) in [4.78, 5) is 12.4. The minimum absolute atomic E-state index is 0.132. The van der Waals surface area contributed by atoms with Crippen molar-refractivity contribution in [3.63, 3.8) is 0 Å². The van der Waals surface area contributed by atoms with E-state index in [1.54, 1.807) is 10.9 Å². The number of aromatic nitrogens is 2. The van der Waals surface area contributed by atoms with Crippen LogP contribution in [0.25, 0.3) is 0 Å². The fraction of sp³-hybridized carbons (Fsp3) is 0.636. The molecule has 0 atom stereocenters. The van der Waals surface area contributed by atoms with Crippen molar-refractivity contribution in [1.29, 1.82) is 0 Å². The van der Waals surface area contributed by atoms with Crippen LogP contribution in [0.4, 0.5) is 0 Å². The summed E-state index contributed by atoms with van der Waals surface area (Å²) in [6, 6.07) is 0.179. The van der Waals surface area contributed by atoms with Gasteiger partial charge in [0.05, 0.1) is 10.7 Å². The zero-order chi connectivity index (χ0) is 11.9. The predicted octanol–water partition coefficient (Wildman–Crippen LogP) is 2.15. The number of nitrogens with two attached hydrogens (primary N) is 1. The largest absolute Gasteiger partial charge is 0.329 e. The van der Waals surface area contributed by atoms with Crippen LogP contribution in [-0.2, 0) is 0 Å². The maximum atomic E-state index is 12.4. The quantitative estimate of drug-likeness (QED) is 0.863. The second-order valence-electron chi connectivity index (χ2n) is 4.69. The molecular weight excluding hydrogens is 270 g/mol. The number of rotatable bonds is 4. The van der Waals surface area contributed by atoms with Crippen LogP contribution in [0.15, 0.2) is 10.7 Å². The molecule has 4 nitrogen and oxygen atoms in total. The highest BCUT2D eigenvalue weighted by Gasteiger charge is 2.50.